The summed E-state index contributed by atoms with van der Waals surface area (Å²) in [5, 5.41) is 12.0. The average molecular weight is 236 g/mol. The summed E-state index contributed by atoms with van der Waals surface area (Å²) in [4.78, 5) is 2.88. The number of sulfone groups is 1. The van der Waals surface area contributed by atoms with Crippen LogP contribution in [0.5, 0.6) is 0 Å². The molecule has 0 aromatic rings. The van der Waals surface area contributed by atoms with Gasteiger partial charge in [-0.1, -0.05) is 0 Å². The molecule has 5 nitrogen and oxygen atoms in total. The second-order valence-corrected chi connectivity index (χ2v) is 6.23. The highest BCUT2D eigenvalue weighted by atomic mass is 32.2. The third kappa shape index (κ3) is 2.91. The van der Waals surface area contributed by atoms with Gasteiger partial charge in [0.2, 0.25) is 5.90 Å². The van der Waals surface area contributed by atoms with Gasteiger partial charge in [-0.15, -0.1) is 11.8 Å². The lowest BCUT2D eigenvalue weighted by Crippen LogP contribution is -2.45. The van der Waals surface area contributed by atoms with Crippen LogP contribution in [0.25, 0.3) is 0 Å². The summed E-state index contributed by atoms with van der Waals surface area (Å²) < 4.78 is 22.3. The zero-order valence-electron chi connectivity index (χ0n) is 7.89. The van der Waals surface area contributed by atoms with Gasteiger partial charge < -0.3 is 10.4 Å². The van der Waals surface area contributed by atoms with Gasteiger partial charge in [-0.05, 0) is 6.26 Å². The monoisotopic (exact) mass is 236 g/mol. The lowest BCUT2D eigenvalue weighted by molar-refractivity contribution is 0.509. The van der Waals surface area contributed by atoms with Crippen LogP contribution in [0.2, 0.25) is 0 Å². The molecule has 1 rings (SSSR count). The number of thioether (sulfide) groups is 1. The normalized spacial score (nSPS) is 26.9. The summed E-state index contributed by atoms with van der Waals surface area (Å²) in [6.07, 6.45) is 5.73. The summed E-state index contributed by atoms with van der Waals surface area (Å²) in [5.74, 6) is -0.322. The maximum Gasteiger partial charge on any atom is 0.210 e. The minimum Gasteiger partial charge on any atom is -0.493 e. The van der Waals surface area contributed by atoms with Crippen LogP contribution in [0.3, 0.4) is 0 Å². The Morgan fingerprint density at radius 3 is 2.79 bits per heavy atom. The lowest BCUT2D eigenvalue weighted by Gasteiger charge is -2.29. The van der Waals surface area contributed by atoms with E-state index in [9.17, 15) is 13.5 Å². The van der Waals surface area contributed by atoms with E-state index in [2.05, 4.69) is 10.3 Å². The smallest absolute Gasteiger partial charge is 0.210 e. The van der Waals surface area contributed by atoms with Crippen molar-refractivity contribution in [2.45, 2.75) is 4.99 Å². The Hall–Kier alpha value is -0.690. The summed E-state index contributed by atoms with van der Waals surface area (Å²) in [6, 6.07) is 0. The van der Waals surface area contributed by atoms with E-state index in [0.29, 0.717) is 0 Å². The van der Waals surface area contributed by atoms with Gasteiger partial charge in [-0.2, -0.15) is 0 Å². The van der Waals surface area contributed by atoms with Crippen LogP contribution in [0, 0.1) is 0 Å². The van der Waals surface area contributed by atoms with Crippen LogP contribution < -0.4 is 5.32 Å². The average Bonchev–Trinajstić information content (AvgIpc) is 2.01. The second-order valence-electron chi connectivity index (χ2n) is 3.01. The number of hydrogen-bond donors (Lipinski definition) is 2. The summed E-state index contributed by atoms with van der Waals surface area (Å²) in [5.41, 5.74) is 0. The third-order valence-electron chi connectivity index (χ3n) is 1.63. The molecule has 0 radical (unpaired) electrons. The van der Waals surface area contributed by atoms with Gasteiger partial charge in [0.1, 0.15) is 5.75 Å². The number of hydrogen-bond acceptors (Lipinski definition) is 5. The van der Waals surface area contributed by atoms with Gasteiger partial charge in [0.15, 0.2) is 14.8 Å². The number of nitrogens with zero attached hydrogens (tertiary/aromatic N) is 1. The molecule has 0 saturated carbocycles. The van der Waals surface area contributed by atoms with Crippen molar-refractivity contribution in [2.24, 2.45) is 4.99 Å². The van der Waals surface area contributed by atoms with Crippen LogP contribution in [-0.4, -0.2) is 42.7 Å². The third-order valence-corrected chi connectivity index (χ3v) is 3.79. The molecular formula is C7H12N2O3S2. The highest BCUT2D eigenvalue weighted by Crippen LogP contribution is 2.25. The van der Waals surface area contributed by atoms with Crippen LogP contribution in [0.1, 0.15) is 0 Å². The predicted octanol–water partition coefficient (Wildman–Crippen LogP) is 0.121. The largest absolute Gasteiger partial charge is 0.493 e. The highest BCUT2D eigenvalue weighted by molar-refractivity contribution is 8.01. The van der Waals surface area contributed by atoms with Gasteiger partial charge in [0.25, 0.3) is 0 Å². The maximum atomic E-state index is 11.1. The SMILES string of the molecule is CSC1(CS(C)(=O)=O)N=C(O)C=CN1. The fraction of sp³-hybridized carbons (Fsp3) is 0.571. The minimum absolute atomic E-state index is 0.157. The zero-order valence-corrected chi connectivity index (χ0v) is 9.52. The van der Waals surface area contributed by atoms with Crippen molar-refractivity contribution in [3.63, 3.8) is 0 Å². The molecule has 1 aliphatic rings. The summed E-state index contributed by atoms with van der Waals surface area (Å²) >= 11 is 1.23. The Morgan fingerprint density at radius 1 is 1.71 bits per heavy atom. The van der Waals surface area contributed by atoms with E-state index in [-0.39, 0.29) is 11.7 Å². The Morgan fingerprint density at radius 2 is 2.36 bits per heavy atom. The molecule has 0 bridgehead atoms. The topological polar surface area (TPSA) is 78.8 Å². The Kier molecular flexibility index (Phi) is 3.10. The van der Waals surface area contributed by atoms with Gasteiger partial charge in [-0.25, -0.2) is 13.4 Å². The van der Waals surface area contributed by atoms with E-state index in [1.54, 1.807) is 6.26 Å². The van der Waals surface area contributed by atoms with Crippen LogP contribution in [0.4, 0.5) is 0 Å². The summed E-state index contributed by atoms with van der Waals surface area (Å²) in [6.45, 7) is 0. The van der Waals surface area contributed by atoms with E-state index >= 15 is 0 Å². The molecule has 14 heavy (non-hydrogen) atoms. The molecule has 1 heterocycles. The molecule has 0 aromatic heterocycles. The van der Waals surface area contributed by atoms with Crippen molar-refractivity contribution in [3.05, 3.63) is 12.3 Å². The van der Waals surface area contributed by atoms with Gasteiger partial charge in [-0.3, -0.25) is 0 Å². The summed E-state index contributed by atoms with van der Waals surface area (Å²) in [7, 11) is -3.15. The van der Waals surface area contributed by atoms with E-state index in [1.807, 2.05) is 0 Å². The fourth-order valence-electron chi connectivity index (χ4n) is 1.09. The Labute approximate surface area is 87.2 Å². The molecule has 0 amide bonds. The van der Waals surface area contributed by atoms with Crippen LogP contribution >= 0.6 is 11.8 Å². The molecule has 0 spiro atoms. The van der Waals surface area contributed by atoms with Crippen molar-refractivity contribution in [3.8, 4) is 0 Å². The standard InChI is InChI=1S/C7H12N2O3S2/c1-13-7(5-14(2,11)12)8-4-3-6(10)9-7/h3-4,8H,5H2,1-2H3,(H,9,10). The molecule has 7 heteroatoms. The first-order chi connectivity index (χ1) is 6.37. The predicted molar refractivity (Wildman–Crippen MR) is 58.3 cm³/mol. The van der Waals surface area contributed by atoms with Crippen molar-refractivity contribution in [1.82, 2.24) is 5.32 Å². The van der Waals surface area contributed by atoms with Crippen molar-refractivity contribution < 1.29 is 13.5 Å². The first-order valence-electron chi connectivity index (χ1n) is 3.83. The van der Waals surface area contributed by atoms with E-state index in [1.165, 1.54) is 24.0 Å². The van der Waals surface area contributed by atoms with Gasteiger partial charge in [0.05, 0.1) is 0 Å². The van der Waals surface area contributed by atoms with E-state index < -0.39 is 14.8 Å². The van der Waals surface area contributed by atoms with Crippen molar-refractivity contribution in [2.75, 3.05) is 18.3 Å². The molecule has 0 fully saturated rings. The quantitative estimate of drug-likeness (QED) is 0.727. The number of aliphatic hydroxyl groups is 1. The zero-order chi connectivity index (χ0) is 10.8. The molecule has 2 N–H and O–H groups in total. The van der Waals surface area contributed by atoms with E-state index in [0.717, 1.165) is 6.26 Å². The van der Waals surface area contributed by atoms with Gasteiger partial charge in [0, 0.05) is 18.5 Å². The molecule has 80 valence electrons. The van der Waals surface area contributed by atoms with Crippen molar-refractivity contribution >= 4 is 27.5 Å². The fourth-order valence-corrected chi connectivity index (χ4v) is 3.44. The van der Waals surface area contributed by atoms with Gasteiger partial charge >= 0.3 is 0 Å². The molecule has 1 atom stereocenters. The second kappa shape index (κ2) is 3.82. The molecule has 0 saturated heterocycles. The molecule has 1 aliphatic heterocycles. The number of aliphatic hydroxyl groups excluding tert-OH is 1. The van der Waals surface area contributed by atoms with Crippen LogP contribution in [-0.2, 0) is 9.84 Å². The van der Waals surface area contributed by atoms with E-state index in [4.69, 9.17) is 0 Å². The Balaban J connectivity index is 2.94. The molecule has 1 unspecified atom stereocenters. The Bertz CT molecular complexity index is 374. The molecular weight excluding hydrogens is 224 g/mol. The first kappa shape index (κ1) is 11.4. The lowest BCUT2D eigenvalue weighted by atomic mass is 10.4. The minimum atomic E-state index is -3.15. The highest BCUT2D eigenvalue weighted by Gasteiger charge is 2.33. The molecule has 0 aliphatic carbocycles. The molecule has 0 aromatic carbocycles. The number of rotatable bonds is 3. The van der Waals surface area contributed by atoms with Crippen molar-refractivity contribution in [1.29, 1.82) is 0 Å². The van der Waals surface area contributed by atoms with Crippen LogP contribution in [0.15, 0.2) is 17.3 Å². The number of nitrogens with one attached hydrogen (secondary N) is 1. The number of aliphatic imine (C=N–C) groups is 1. The maximum absolute atomic E-state index is 11.1. The first-order valence-corrected chi connectivity index (χ1v) is 7.11.